The molecule has 0 radical (unpaired) electrons. The molecule has 6 nitrogen and oxygen atoms in total. The lowest BCUT2D eigenvalue weighted by molar-refractivity contribution is -0.111. The van der Waals surface area contributed by atoms with E-state index in [0.717, 1.165) is 46.6 Å². The number of para-hydroxylation sites is 1. The molecule has 0 spiro atoms. The largest absolute Gasteiger partial charge is 0.370 e. The summed E-state index contributed by atoms with van der Waals surface area (Å²) in [5.74, 6) is 0.226. The summed E-state index contributed by atoms with van der Waals surface area (Å²) in [4.78, 5) is 20.7. The van der Waals surface area contributed by atoms with Gasteiger partial charge in [-0.25, -0.2) is 5.01 Å². The average molecular weight is 532 g/mol. The van der Waals surface area contributed by atoms with Gasteiger partial charge in [0.15, 0.2) is 17.8 Å². The van der Waals surface area contributed by atoms with Gasteiger partial charge in [-0.3, -0.25) is 9.69 Å². The number of hydrogen-bond acceptors (Lipinski definition) is 5. The normalized spacial score (nSPS) is 18.0. The van der Waals surface area contributed by atoms with Crippen molar-refractivity contribution >= 4 is 62.8 Å². The fraction of sp³-hybridized carbons (Fsp3) is 0.241. The number of fused-ring (bicyclic) bond motifs is 1. The lowest BCUT2D eigenvalue weighted by Gasteiger charge is -2.33. The second-order valence-electron chi connectivity index (χ2n) is 9.52. The second-order valence-corrected chi connectivity index (χ2v) is 10.4. The average Bonchev–Trinajstić information content (AvgIpc) is 3.51. The number of halogens is 2. The maximum absolute atomic E-state index is 13.0. The molecule has 1 fully saturated rings. The highest BCUT2D eigenvalue weighted by atomic mass is 35.5. The molecule has 1 aromatic heterocycles. The number of rotatable bonds is 5. The van der Waals surface area contributed by atoms with Crippen molar-refractivity contribution in [3.05, 3.63) is 88.5 Å². The van der Waals surface area contributed by atoms with E-state index < -0.39 is 6.17 Å². The molecule has 1 N–H and O–H groups in total. The number of hydrazone groups is 1. The van der Waals surface area contributed by atoms with Crippen LogP contribution in [0.25, 0.3) is 10.9 Å². The van der Waals surface area contributed by atoms with Gasteiger partial charge in [0.1, 0.15) is 0 Å². The number of ketones is 1. The highest BCUT2D eigenvalue weighted by molar-refractivity contribution is 6.44. The first-order valence-electron chi connectivity index (χ1n) is 12.6. The summed E-state index contributed by atoms with van der Waals surface area (Å²) < 4.78 is 0. The maximum Gasteiger partial charge on any atom is 0.198 e. The van der Waals surface area contributed by atoms with E-state index in [4.69, 9.17) is 28.3 Å². The third-order valence-electron chi connectivity index (χ3n) is 7.12. The van der Waals surface area contributed by atoms with E-state index in [1.165, 1.54) is 19.3 Å². The number of benzene rings is 3. The standard InChI is InChI=1S/C29H27Cl2N5O/c1-19(37)28-33-36(21-11-9-20(30)10-12-21)29(24-18-32-26-8-4-3-7-23(24)26)35(28)22-13-14-27(25(31)17-22)34-15-5-2-6-16-34/h3-4,7-14,17-18,29,32H,2,5-6,15-16H2,1H3/t29-/m1/s1. The van der Waals surface area contributed by atoms with E-state index in [0.29, 0.717) is 15.9 Å². The predicted molar refractivity (Wildman–Crippen MR) is 153 cm³/mol. The minimum Gasteiger partial charge on any atom is -0.370 e. The quantitative estimate of drug-likeness (QED) is 0.291. The fourth-order valence-corrected chi connectivity index (χ4v) is 5.76. The minimum atomic E-state index is -0.409. The highest BCUT2D eigenvalue weighted by Gasteiger charge is 2.40. The zero-order valence-electron chi connectivity index (χ0n) is 20.5. The van der Waals surface area contributed by atoms with Crippen LogP contribution in [0.3, 0.4) is 0 Å². The van der Waals surface area contributed by atoms with E-state index in [1.807, 2.05) is 70.7 Å². The molecule has 3 aromatic carbocycles. The molecule has 2 aliphatic heterocycles. The molecule has 4 aromatic rings. The van der Waals surface area contributed by atoms with Gasteiger partial charge in [0.05, 0.1) is 16.4 Å². The Morgan fingerprint density at radius 3 is 2.41 bits per heavy atom. The molecule has 0 amide bonds. The molecule has 0 saturated carbocycles. The van der Waals surface area contributed by atoms with Crippen LogP contribution in [0, 0.1) is 0 Å². The van der Waals surface area contributed by atoms with Crippen LogP contribution in [0.1, 0.15) is 37.9 Å². The van der Waals surface area contributed by atoms with Crippen LogP contribution >= 0.6 is 23.2 Å². The minimum absolute atomic E-state index is 0.127. The number of Topliss-reactive ketones (excluding diaryl/α,β-unsaturated/α-hetero) is 1. The number of H-pyrrole nitrogens is 1. The van der Waals surface area contributed by atoms with Gasteiger partial charge in [-0.1, -0.05) is 41.4 Å². The number of aromatic amines is 1. The van der Waals surface area contributed by atoms with E-state index in [2.05, 4.69) is 22.0 Å². The molecular formula is C29H27Cl2N5O. The smallest absolute Gasteiger partial charge is 0.198 e. The lowest BCUT2D eigenvalue weighted by Crippen LogP contribution is -2.38. The number of aromatic nitrogens is 1. The summed E-state index contributed by atoms with van der Waals surface area (Å²) in [6, 6.07) is 21.7. The van der Waals surface area contributed by atoms with Gasteiger partial charge in [-0.05, 0) is 67.8 Å². The van der Waals surface area contributed by atoms with Gasteiger partial charge in [0, 0.05) is 53.4 Å². The van der Waals surface area contributed by atoms with E-state index in [9.17, 15) is 4.79 Å². The van der Waals surface area contributed by atoms with Crippen LogP contribution < -0.4 is 14.8 Å². The third-order valence-corrected chi connectivity index (χ3v) is 7.67. The molecule has 0 bridgehead atoms. The third kappa shape index (κ3) is 4.34. The van der Waals surface area contributed by atoms with Crippen molar-refractivity contribution in [2.45, 2.75) is 32.4 Å². The fourth-order valence-electron chi connectivity index (χ4n) is 5.34. The topological polar surface area (TPSA) is 54.9 Å². The number of piperidine rings is 1. The number of nitrogens with zero attached hydrogens (tertiary/aromatic N) is 4. The molecule has 1 atom stereocenters. The monoisotopic (exact) mass is 531 g/mol. The first kappa shape index (κ1) is 23.9. The molecule has 1 saturated heterocycles. The van der Waals surface area contributed by atoms with Crippen LogP contribution in [0.15, 0.2) is 78.0 Å². The van der Waals surface area contributed by atoms with Crippen LogP contribution in [-0.2, 0) is 4.79 Å². The van der Waals surface area contributed by atoms with Gasteiger partial charge in [-0.15, -0.1) is 5.10 Å². The summed E-state index contributed by atoms with van der Waals surface area (Å²) >= 11 is 13.1. The number of nitrogens with one attached hydrogen (secondary N) is 1. The zero-order valence-corrected chi connectivity index (χ0v) is 22.0. The number of carbonyl (C=O) groups is 1. The van der Waals surface area contributed by atoms with Gasteiger partial charge in [0.2, 0.25) is 0 Å². The molecular weight excluding hydrogens is 505 g/mol. The first-order chi connectivity index (χ1) is 18.0. The molecule has 3 heterocycles. The molecule has 37 heavy (non-hydrogen) atoms. The lowest BCUT2D eigenvalue weighted by atomic mass is 10.1. The number of amidine groups is 1. The number of anilines is 3. The van der Waals surface area contributed by atoms with Crippen molar-refractivity contribution in [2.75, 3.05) is 27.9 Å². The van der Waals surface area contributed by atoms with Gasteiger partial charge >= 0.3 is 0 Å². The molecule has 2 aliphatic rings. The Bertz CT molecular complexity index is 1490. The van der Waals surface area contributed by atoms with Gasteiger partial charge in [-0.2, -0.15) is 0 Å². The summed E-state index contributed by atoms with van der Waals surface area (Å²) in [7, 11) is 0. The summed E-state index contributed by atoms with van der Waals surface area (Å²) in [6.45, 7) is 3.56. The Balaban J connectivity index is 1.50. The van der Waals surface area contributed by atoms with Crippen LogP contribution in [0.4, 0.5) is 17.1 Å². The van der Waals surface area contributed by atoms with Crippen molar-refractivity contribution in [3.8, 4) is 0 Å². The Kier molecular flexibility index (Phi) is 6.31. The summed E-state index contributed by atoms with van der Waals surface area (Å²) in [6.07, 6.45) is 5.18. The Morgan fingerprint density at radius 1 is 0.946 bits per heavy atom. The van der Waals surface area contributed by atoms with Gasteiger partial charge < -0.3 is 9.88 Å². The molecule has 6 rings (SSSR count). The predicted octanol–water partition coefficient (Wildman–Crippen LogP) is 7.39. The second kappa shape index (κ2) is 9.77. The Hall–Kier alpha value is -3.48. The first-order valence-corrected chi connectivity index (χ1v) is 13.3. The van der Waals surface area contributed by atoms with Crippen molar-refractivity contribution in [1.82, 2.24) is 4.98 Å². The summed E-state index contributed by atoms with van der Waals surface area (Å²) in [5.41, 5.74) is 4.69. The van der Waals surface area contributed by atoms with Crippen LogP contribution in [-0.4, -0.2) is 29.7 Å². The SMILES string of the molecule is CC(=O)C1=NN(c2ccc(Cl)cc2)[C@H](c2c[nH]c3ccccc23)N1c1ccc(N2CCCCC2)c(Cl)c1. The van der Waals surface area contributed by atoms with Crippen molar-refractivity contribution < 1.29 is 4.79 Å². The Labute approximate surface area is 226 Å². The molecule has 0 unspecified atom stereocenters. The van der Waals surface area contributed by atoms with Crippen molar-refractivity contribution in [2.24, 2.45) is 5.10 Å². The van der Waals surface area contributed by atoms with Crippen LogP contribution in [0.2, 0.25) is 10.0 Å². The van der Waals surface area contributed by atoms with E-state index in [-0.39, 0.29) is 5.78 Å². The van der Waals surface area contributed by atoms with E-state index in [1.54, 1.807) is 6.92 Å². The summed E-state index contributed by atoms with van der Waals surface area (Å²) in [5, 5.41) is 9.10. The number of carbonyl (C=O) groups excluding carboxylic acids is 1. The molecule has 188 valence electrons. The highest BCUT2D eigenvalue weighted by Crippen LogP contribution is 2.43. The molecule has 0 aliphatic carbocycles. The van der Waals surface area contributed by atoms with Gasteiger partial charge in [0.25, 0.3) is 0 Å². The maximum atomic E-state index is 13.0. The van der Waals surface area contributed by atoms with Crippen LogP contribution in [0.5, 0.6) is 0 Å². The number of hydrogen-bond donors (Lipinski definition) is 1. The van der Waals surface area contributed by atoms with Crippen molar-refractivity contribution in [3.63, 3.8) is 0 Å². The zero-order chi connectivity index (χ0) is 25.5. The molecule has 8 heteroatoms. The van der Waals surface area contributed by atoms with E-state index >= 15 is 0 Å². The van der Waals surface area contributed by atoms with Crippen molar-refractivity contribution in [1.29, 1.82) is 0 Å². The Morgan fingerprint density at radius 2 is 1.68 bits per heavy atom.